The molecule has 1 unspecified atom stereocenters. The number of sulfone groups is 1. The summed E-state index contributed by atoms with van der Waals surface area (Å²) in [6.07, 6.45) is 1.41. The van der Waals surface area contributed by atoms with E-state index in [0.717, 1.165) is 0 Å². The van der Waals surface area contributed by atoms with Crippen LogP contribution >= 0.6 is 0 Å². The van der Waals surface area contributed by atoms with Crippen molar-refractivity contribution < 1.29 is 17.9 Å². The Morgan fingerprint density at radius 1 is 1.43 bits per heavy atom. The van der Waals surface area contributed by atoms with Crippen molar-refractivity contribution in [1.29, 1.82) is 0 Å². The van der Waals surface area contributed by atoms with Crippen molar-refractivity contribution >= 4 is 15.6 Å². The highest BCUT2D eigenvalue weighted by Gasteiger charge is 2.13. The fourth-order valence-electron chi connectivity index (χ4n) is 1.05. The van der Waals surface area contributed by atoms with Crippen LogP contribution < -0.4 is 0 Å². The lowest BCUT2D eigenvalue weighted by molar-refractivity contribution is -0.129. The quantitative estimate of drug-likeness (QED) is 0.639. The molecule has 0 aromatic carbocycles. The van der Waals surface area contributed by atoms with E-state index < -0.39 is 15.9 Å². The molecule has 14 heavy (non-hydrogen) atoms. The maximum absolute atomic E-state index is 11.3. The van der Waals surface area contributed by atoms with Crippen LogP contribution in [0.25, 0.3) is 0 Å². The lowest BCUT2D eigenvalue weighted by atomic mass is 10.1. The van der Waals surface area contributed by atoms with Gasteiger partial charge in [-0.3, -0.25) is 4.79 Å². The highest BCUT2D eigenvalue weighted by atomic mass is 32.2. The van der Waals surface area contributed by atoms with E-state index in [0.29, 0.717) is 13.0 Å². The van der Waals surface area contributed by atoms with Gasteiger partial charge in [-0.25, -0.2) is 8.42 Å². The zero-order chi connectivity index (χ0) is 11.2. The van der Waals surface area contributed by atoms with Crippen LogP contribution in [0.3, 0.4) is 0 Å². The highest BCUT2D eigenvalue weighted by Crippen LogP contribution is 2.01. The Labute approximate surface area is 85.6 Å². The van der Waals surface area contributed by atoms with Gasteiger partial charge in [-0.05, 0) is 20.3 Å². The van der Waals surface area contributed by atoms with Gasteiger partial charge in [0, 0.05) is 19.3 Å². The third-order valence-corrected chi connectivity index (χ3v) is 2.84. The summed E-state index contributed by atoms with van der Waals surface area (Å²) in [4.78, 5) is 11.3. The second-order valence-electron chi connectivity index (χ2n) is 3.30. The van der Waals surface area contributed by atoms with E-state index >= 15 is 0 Å². The minimum absolute atomic E-state index is 0.0319. The molecule has 0 aliphatic heterocycles. The number of ketones is 1. The minimum atomic E-state index is -2.95. The zero-order valence-electron chi connectivity index (χ0n) is 8.95. The molecule has 0 bridgehead atoms. The molecule has 0 fully saturated rings. The SMILES string of the molecule is CCOC(C)C(=O)CCCS(C)(=O)=O. The molecule has 0 radical (unpaired) electrons. The van der Waals surface area contributed by atoms with E-state index in [2.05, 4.69) is 0 Å². The normalized spacial score (nSPS) is 13.9. The molecule has 0 aliphatic rings. The van der Waals surface area contributed by atoms with Crippen LogP contribution in [-0.2, 0) is 19.4 Å². The number of Topliss-reactive ketones (excluding diaryl/α,β-unsaturated/α-hetero) is 1. The Kier molecular flexibility index (Phi) is 5.95. The van der Waals surface area contributed by atoms with Gasteiger partial charge in [0.05, 0.1) is 5.75 Å². The van der Waals surface area contributed by atoms with E-state index in [1.165, 1.54) is 6.26 Å². The molecule has 0 N–H and O–H groups in total. The molecule has 0 aromatic heterocycles. The van der Waals surface area contributed by atoms with Crippen molar-refractivity contribution in [2.24, 2.45) is 0 Å². The monoisotopic (exact) mass is 222 g/mol. The number of ether oxygens (including phenoxy) is 1. The summed E-state index contributed by atoms with van der Waals surface area (Å²) in [7, 11) is -2.95. The van der Waals surface area contributed by atoms with Crippen molar-refractivity contribution in [2.75, 3.05) is 18.6 Å². The topological polar surface area (TPSA) is 60.4 Å². The van der Waals surface area contributed by atoms with E-state index in [4.69, 9.17) is 4.74 Å². The van der Waals surface area contributed by atoms with Crippen molar-refractivity contribution in [3.8, 4) is 0 Å². The highest BCUT2D eigenvalue weighted by molar-refractivity contribution is 7.90. The second-order valence-corrected chi connectivity index (χ2v) is 5.56. The van der Waals surface area contributed by atoms with Gasteiger partial charge in [0.25, 0.3) is 0 Å². The average molecular weight is 222 g/mol. The fourth-order valence-corrected chi connectivity index (χ4v) is 1.72. The Morgan fingerprint density at radius 3 is 2.43 bits per heavy atom. The summed E-state index contributed by atoms with van der Waals surface area (Å²) in [6, 6.07) is 0. The van der Waals surface area contributed by atoms with Crippen LogP contribution in [0.1, 0.15) is 26.7 Å². The maximum atomic E-state index is 11.3. The summed E-state index contributed by atoms with van der Waals surface area (Å²) in [5.41, 5.74) is 0. The van der Waals surface area contributed by atoms with Crippen molar-refractivity contribution in [3.05, 3.63) is 0 Å². The second kappa shape index (κ2) is 6.14. The first-order chi connectivity index (χ1) is 6.37. The molecule has 0 aromatic rings. The summed E-state index contributed by atoms with van der Waals surface area (Å²) in [6.45, 7) is 4.01. The summed E-state index contributed by atoms with van der Waals surface area (Å²) in [5, 5.41) is 0. The first kappa shape index (κ1) is 13.6. The van der Waals surface area contributed by atoms with Crippen molar-refractivity contribution in [1.82, 2.24) is 0 Å². The predicted octanol–water partition coefficient (Wildman–Crippen LogP) is 0.805. The van der Waals surface area contributed by atoms with Crippen LogP contribution in [0, 0.1) is 0 Å². The van der Waals surface area contributed by atoms with Crippen LogP contribution in [0.15, 0.2) is 0 Å². The van der Waals surface area contributed by atoms with Gasteiger partial charge < -0.3 is 4.74 Å². The van der Waals surface area contributed by atoms with Gasteiger partial charge >= 0.3 is 0 Å². The Morgan fingerprint density at radius 2 is 2.00 bits per heavy atom. The molecule has 0 spiro atoms. The Hall–Kier alpha value is -0.420. The number of rotatable bonds is 7. The molecule has 1 atom stereocenters. The largest absolute Gasteiger partial charge is 0.371 e. The molecule has 0 rings (SSSR count). The van der Waals surface area contributed by atoms with E-state index in [-0.39, 0.29) is 18.0 Å². The van der Waals surface area contributed by atoms with Gasteiger partial charge in [0.2, 0.25) is 0 Å². The van der Waals surface area contributed by atoms with Gasteiger partial charge in [-0.15, -0.1) is 0 Å². The molecule has 4 nitrogen and oxygen atoms in total. The minimum Gasteiger partial charge on any atom is -0.371 e. The molecule has 0 saturated carbocycles. The van der Waals surface area contributed by atoms with E-state index in [1.54, 1.807) is 6.92 Å². The van der Waals surface area contributed by atoms with E-state index in [9.17, 15) is 13.2 Å². The standard InChI is InChI=1S/C9H18O4S/c1-4-13-8(2)9(10)6-5-7-14(3,11)12/h8H,4-7H2,1-3H3. The van der Waals surface area contributed by atoms with Gasteiger partial charge in [-0.1, -0.05) is 0 Å². The van der Waals surface area contributed by atoms with Crippen LogP contribution in [0.5, 0.6) is 0 Å². The third kappa shape index (κ3) is 7.03. The smallest absolute Gasteiger partial charge is 0.161 e. The van der Waals surface area contributed by atoms with Crippen molar-refractivity contribution in [3.63, 3.8) is 0 Å². The van der Waals surface area contributed by atoms with Gasteiger partial charge in [-0.2, -0.15) is 0 Å². The molecule has 84 valence electrons. The average Bonchev–Trinajstić information content (AvgIpc) is 2.02. The Bertz CT molecular complexity index is 269. The molecule has 0 saturated heterocycles. The van der Waals surface area contributed by atoms with Gasteiger partial charge in [0.1, 0.15) is 15.9 Å². The number of carbonyl (C=O) groups excluding carboxylic acids is 1. The lowest BCUT2D eigenvalue weighted by Gasteiger charge is -2.09. The molecular weight excluding hydrogens is 204 g/mol. The number of hydrogen-bond donors (Lipinski definition) is 0. The third-order valence-electron chi connectivity index (χ3n) is 1.81. The lowest BCUT2D eigenvalue weighted by Crippen LogP contribution is -2.21. The van der Waals surface area contributed by atoms with Crippen LogP contribution in [-0.4, -0.2) is 38.9 Å². The molecular formula is C9H18O4S. The molecule has 0 aliphatic carbocycles. The van der Waals surface area contributed by atoms with Crippen molar-refractivity contribution in [2.45, 2.75) is 32.8 Å². The summed E-state index contributed by atoms with van der Waals surface area (Å²) < 4.78 is 26.6. The summed E-state index contributed by atoms with van der Waals surface area (Å²) in [5.74, 6) is 0.0351. The molecule has 0 heterocycles. The Balaban J connectivity index is 3.75. The maximum Gasteiger partial charge on any atom is 0.161 e. The van der Waals surface area contributed by atoms with E-state index in [1.807, 2.05) is 6.92 Å². The first-order valence-electron chi connectivity index (χ1n) is 4.69. The molecule has 0 amide bonds. The van der Waals surface area contributed by atoms with Crippen LogP contribution in [0.4, 0.5) is 0 Å². The van der Waals surface area contributed by atoms with Gasteiger partial charge in [0.15, 0.2) is 5.78 Å². The van der Waals surface area contributed by atoms with Crippen LogP contribution in [0.2, 0.25) is 0 Å². The zero-order valence-corrected chi connectivity index (χ0v) is 9.76. The predicted molar refractivity (Wildman–Crippen MR) is 55.0 cm³/mol. The fraction of sp³-hybridized carbons (Fsp3) is 0.889. The summed E-state index contributed by atoms with van der Waals surface area (Å²) >= 11 is 0. The number of carbonyl (C=O) groups is 1. The number of hydrogen-bond acceptors (Lipinski definition) is 4. The first-order valence-corrected chi connectivity index (χ1v) is 6.75. The molecule has 5 heteroatoms.